The van der Waals surface area contributed by atoms with Gasteiger partial charge < -0.3 is 18.9 Å². The number of carbonyl (C=O) groups excluding carboxylic acids is 1. The van der Waals surface area contributed by atoms with Crippen LogP contribution in [0, 0.1) is 11.8 Å². The van der Waals surface area contributed by atoms with Gasteiger partial charge in [0.05, 0.1) is 28.4 Å². The molecule has 178 valence electrons. The molecule has 0 amide bonds. The third-order valence-electron chi connectivity index (χ3n) is 5.61. The molecule has 0 bridgehead atoms. The summed E-state index contributed by atoms with van der Waals surface area (Å²) in [6.45, 7) is 4.27. The van der Waals surface area contributed by atoms with Gasteiger partial charge in [0.1, 0.15) is 5.75 Å². The molecule has 2 aromatic carbocycles. The van der Waals surface area contributed by atoms with Crippen LogP contribution in [-0.2, 0) is 11.2 Å². The minimum absolute atomic E-state index is 0.0645. The Morgan fingerprint density at radius 2 is 1.52 bits per heavy atom. The van der Waals surface area contributed by atoms with Gasteiger partial charge in [0.25, 0.3) is 0 Å². The summed E-state index contributed by atoms with van der Waals surface area (Å²) < 4.78 is 21.3. The van der Waals surface area contributed by atoms with Gasteiger partial charge in [0, 0.05) is 12.8 Å². The molecule has 0 N–H and O–H groups in total. The van der Waals surface area contributed by atoms with Gasteiger partial charge in [-0.1, -0.05) is 44.3 Å². The fourth-order valence-corrected chi connectivity index (χ4v) is 3.97. The molecular formula is C27H34O5S. The lowest BCUT2D eigenvalue weighted by atomic mass is 9.85. The van der Waals surface area contributed by atoms with E-state index in [-0.39, 0.29) is 11.7 Å². The third-order valence-corrected chi connectivity index (χ3v) is 5.92. The molecule has 0 aliphatic carbocycles. The lowest BCUT2D eigenvalue weighted by Crippen LogP contribution is -2.17. The quantitative estimate of drug-likeness (QED) is 0.266. The van der Waals surface area contributed by atoms with Gasteiger partial charge in [0.2, 0.25) is 5.75 Å². The van der Waals surface area contributed by atoms with Crippen LogP contribution in [-0.4, -0.2) is 39.1 Å². The first-order valence-electron chi connectivity index (χ1n) is 11.0. The maximum Gasteiger partial charge on any atom is 0.203 e. The number of hydrogen-bond donors (Lipinski definition) is 0. The lowest BCUT2D eigenvalue weighted by Gasteiger charge is -2.20. The number of ether oxygens (including phenoxy) is 4. The third kappa shape index (κ3) is 7.90. The van der Waals surface area contributed by atoms with Crippen molar-refractivity contribution in [3.05, 3.63) is 53.6 Å². The van der Waals surface area contributed by atoms with Crippen molar-refractivity contribution >= 4 is 28.9 Å². The van der Waals surface area contributed by atoms with E-state index in [1.54, 1.807) is 40.6 Å². The van der Waals surface area contributed by atoms with Gasteiger partial charge in [-0.2, -0.15) is 0 Å². The molecule has 6 heteroatoms. The van der Waals surface area contributed by atoms with Gasteiger partial charge >= 0.3 is 0 Å². The van der Waals surface area contributed by atoms with Crippen LogP contribution in [0.5, 0.6) is 23.0 Å². The van der Waals surface area contributed by atoms with Crippen molar-refractivity contribution in [3.63, 3.8) is 0 Å². The van der Waals surface area contributed by atoms with Crippen LogP contribution in [0.3, 0.4) is 0 Å². The zero-order valence-electron chi connectivity index (χ0n) is 20.3. The number of methoxy groups -OCH3 is 4. The second kappa shape index (κ2) is 13.0. The second-order valence-electron chi connectivity index (χ2n) is 8.23. The monoisotopic (exact) mass is 470 g/mol. The maximum atomic E-state index is 12.7. The van der Waals surface area contributed by atoms with Crippen molar-refractivity contribution in [2.75, 3.05) is 28.4 Å². The molecule has 0 aromatic heterocycles. The maximum absolute atomic E-state index is 12.7. The van der Waals surface area contributed by atoms with E-state index >= 15 is 0 Å². The van der Waals surface area contributed by atoms with E-state index in [2.05, 4.69) is 13.8 Å². The van der Waals surface area contributed by atoms with Gasteiger partial charge in [-0.25, -0.2) is 0 Å². The zero-order chi connectivity index (χ0) is 24.4. The molecule has 1 unspecified atom stereocenters. The van der Waals surface area contributed by atoms with Crippen LogP contribution < -0.4 is 18.9 Å². The highest BCUT2D eigenvalue weighted by Gasteiger charge is 2.19. The van der Waals surface area contributed by atoms with Crippen molar-refractivity contribution in [1.29, 1.82) is 0 Å². The van der Waals surface area contributed by atoms with E-state index in [9.17, 15) is 4.79 Å². The van der Waals surface area contributed by atoms with E-state index in [1.165, 1.54) is 0 Å². The Labute approximate surface area is 202 Å². The molecule has 33 heavy (non-hydrogen) atoms. The summed E-state index contributed by atoms with van der Waals surface area (Å²) in [4.78, 5) is 13.7. The van der Waals surface area contributed by atoms with Crippen LogP contribution in [0.1, 0.15) is 37.8 Å². The molecule has 0 saturated heterocycles. The van der Waals surface area contributed by atoms with Gasteiger partial charge in [0.15, 0.2) is 17.3 Å². The minimum Gasteiger partial charge on any atom is -0.497 e. The molecular weight excluding hydrogens is 436 g/mol. The number of rotatable bonds is 13. The molecule has 0 aliphatic heterocycles. The number of thiocarbonyl (C=S) groups is 1. The molecule has 2 aromatic rings. The number of hydrogen-bond acceptors (Lipinski definition) is 6. The normalized spacial score (nSPS) is 12.0. The molecule has 0 heterocycles. The topological polar surface area (TPSA) is 54.0 Å². The number of allylic oxidation sites excluding steroid dienone is 1. The van der Waals surface area contributed by atoms with E-state index in [0.717, 1.165) is 34.6 Å². The Hall–Kier alpha value is -2.86. The summed E-state index contributed by atoms with van der Waals surface area (Å²) in [5.41, 5.74) is 1.95. The largest absolute Gasteiger partial charge is 0.497 e. The second-order valence-corrected chi connectivity index (χ2v) is 8.81. The molecule has 2 rings (SSSR count). The van der Waals surface area contributed by atoms with Gasteiger partial charge in [-0.3, -0.25) is 4.79 Å². The van der Waals surface area contributed by atoms with Crippen LogP contribution in [0.15, 0.2) is 42.5 Å². The molecule has 0 aliphatic rings. The van der Waals surface area contributed by atoms with Gasteiger partial charge in [-0.05, 0) is 64.6 Å². The summed E-state index contributed by atoms with van der Waals surface area (Å²) in [6.07, 6.45) is 5.30. The van der Waals surface area contributed by atoms with Crippen molar-refractivity contribution in [2.24, 2.45) is 11.8 Å². The molecule has 0 saturated carbocycles. The van der Waals surface area contributed by atoms with E-state index in [0.29, 0.717) is 29.6 Å². The zero-order valence-corrected chi connectivity index (χ0v) is 21.2. The van der Waals surface area contributed by atoms with Crippen LogP contribution in [0.2, 0.25) is 0 Å². The van der Waals surface area contributed by atoms with Crippen molar-refractivity contribution in [1.82, 2.24) is 0 Å². The van der Waals surface area contributed by atoms with Gasteiger partial charge in [-0.15, -0.1) is 0 Å². The Morgan fingerprint density at radius 3 is 2.00 bits per heavy atom. The van der Waals surface area contributed by atoms with Crippen molar-refractivity contribution < 1.29 is 23.7 Å². The van der Waals surface area contributed by atoms with Crippen LogP contribution in [0.4, 0.5) is 0 Å². The first-order chi connectivity index (χ1) is 15.8. The number of carbonyl (C=O) groups is 1. The van der Waals surface area contributed by atoms with Crippen LogP contribution in [0.25, 0.3) is 6.08 Å². The fraction of sp³-hybridized carbons (Fsp3) is 0.407. The first kappa shape index (κ1) is 26.4. The van der Waals surface area contributed by atoms with E-state index in [1.807, 2.05) is 36.4 Å². The highest BCUT2D eigenvalue weighted by molar-refractivity contribution is 7.80. The summed E-state index contributed by atoms with van der Waals surface area (Å²) in [5, 5.41) is 0. The average molecular weight is 471 g/mol. The number of benzene rings is 2. The summed E-state index contributed by atoms with van der Waals surface area (Å²) in [7, 11) is 6.35. The fourth-order valence-electron chi connectivity index (χ4n) is 3.59. The smallest absolute Gasteiger partial charge is 0.203 e. The van der Waals surface area contributed by atoms with Crippen LogP contribution >= 0.6 is 12.2 Å². The Bertz CT molecular complexity index is 938. The first-order valence-corrected chi connectivity index (χ1v) is 11.4. The average Bonchev–Trinajstić information content (AvgIpc) is 2.81. The van der Waals surface area contributed by atoms with E-state index < -0.39 is 0 Å². The number of ketones is 1. The predicted octanol–water partition coefficient (Wildman–Crippen LogP) is 5.97. The van der Waals surface area contributed by atoms with Crippen molar-refractivity contribution in [2.45, 2.75) is 33.1 Å². The standard InChI is InChI=1S/C27H34O5S/c1-18(2)21(17-24(33)13-19-8-11-23(29-3)12-9-19)16-22(28)10-7-20-14-25(30-4)27(32-6)26(15-20)31-5/h7-12,14-15,18,21H,13,16-17H2,1-6H3/b10-7+. The summed E-state index contributed by atoms with van der Waals surface area (Å²) in [5.74, 6) is 3.04. The van der Waals surface area contributed by atoms with E-state index in [4.69, 9.17) is 31.2 Å². The molecule has 5 nitrogen and oxygen atoms in total. The molecule has 0 spiro atoms. The SMILES string of the molecule is COc1ccc(CC(=S)CC(CC(=O)/C=C/c2cc(OC)c(OC)c(OC)c2)C(C)C)cc1. The Kier molecular flexibility index (Phi) is 10.4. The molecule has 1 atom stereocenters. The predicted molar refractivity (Wildman–Crippen MR) is 137 cm³/mol. The molecule has 0 fully saturated rings. The highest BCUT2D eigenvalue weighted by Crippen LogP contribution is 2.38. The lowest BCUT2D eigenvalue weighted by molar-refractivity contribution is -0.115. The Balaban J connectivity index is 2.03. The van der Waals surface area contributed by atoms with Crippen molar-refractivity contribution in [3.8, 4) is 23.0 Å². The molecule has 0 radical (unpaired) electrons. The summed E-state index contributed by atoms with van der Waals surface area (Å²) >= 11 is 5.67. The highest BCUT2D eigenvalue weighted by atomic mass is 32.1. The minimum atomic E-state index is 0.0645. The summed E-state index contributed by atoms with van der Waals surface area (Å²) in [6, 6.07) is 11.6. The Morgan fingerprint density at radius 1 is 0.909 bits per heavy atom.